The van der Waals surface area contributed by atoms with Crippen molar-refractivity contribution < 1.29 is 4.74 Å². The molecule has 0 unspecified atom stereocenters. The van der Waals surface area contributed by atoms with Crippen molar-refractivity contribution >= 4 is 24.0 Å². The molecule has 4 rings (SSSR count). The Balaban J connectivity index is 0.00000196. The first-order valence-electron chi connectivity index (χ1n) is 8.43. The quantitative estimate of drug-likeness (QED) is 0.616. The third-order valence-electron chi connectivity index (χ3n) is 4.48. The van der Waals surface area contributed by atoms with E-state index in [0.717, 1.165) is 41.7 Å². The molecule has 2 heterocycles. The molecule has 0 fully saturated rings. The maximum atomic E-state index is 6.34. The van der Waals surface area contributed by atoms with Gasteiger partial charge in [-0.3, -0.25) is 4.90 Å². The van der Waals surface area contributed by atoms with Crippen molar-refractivity contribution in [1.29, 1.82) is 0 Å². The summed E-state index contributed by atoms with van der Waals surface area (Å²) >= 11 is 6.34. The molecule has 1 aliphatic rings. The van der Waals surface area contributed by atoms with Gasteiger partial charge < -0.3 is 4.74 Å². The third-order valence-corrected chi connectivity index (χ3v) is 4.85. The Kier molecular flexibility index (Phi) is 6.15. The van der Waals surface area contributed by atoms with Crippen LogP contribution in [0.5, 0.6) is 5.88 Å². The first-order chi connectivity index (χ1) is 12.3. The van der Waals surface area contributed by atoms with Crippen molar-refractivity contribution in [2.24, 2.45) is 0 Å². The zero-order valence-electron chi connectivity index (χ0n) is 14.3. The van der Waals surface area contributed by atoms with Gasteiger partial charge in [0, 0.05) is 36.4 Å². The monoisotopic (exact) mass is 386 g/mol. The fraction of sp³-hybridized carbons (Fsp3) is 0.190. The van der Waals surface area contributed by atoms with Crippen molar-refractivity contribution in [2.45, 2.75) is 13.1 Å². The van der Waals surface area contributed by atoms with Crippen molar-refractivity contribution in [3.05, 3.63) is 83.0 Å². The van der Waals surface area contributed by atoms with Gasteiger partial charge in [-0.2, -0.15) is 0 Å². The van der Waals surface area contributed by atoms with E-state index in [-0.39, 0.29) is 12.4 Å². The molecule has 0 spiro atoms. The van der Waals surface area contributed by atoms with Gasteiger partial charge >= 0.3 is 0 Å². The van der Waals surface area contributed by atoms with Crippen molar-refractivity contribution in [3.8, 4) is 17.0 Å². The molecule has 26 heavy (non-hydrogen) atoms. The smallest absolute Gasteiger partial charge is 0.218 e. The molecule has 0 atom stereocenters. The number of nitrogens with zero attached hydrogens (tertiary/aromatic N) is 2. The lowest BCUT2D eigenvalue weighted by Crippen LogP contribution is -2.25. The number of aromatic nitrogens is 1. The van der Waals surface area contributed by atoms with Crippen molar-refractivity contribution in [3.63, 3.8) is 0 Å². The van der Waals surface area contributed by atoms with Gasteiger partial charge in [0.25, 0.3) is 0 Å². The Hall–Kier alpha value is -2.07. The number of benzene rings is 2. The minimum atomic E-state index is 0. The van der Waals surface area contributed by atoms with Crippen LogP contribution in [0.1, 0.15) is 11.1 Å². The van der Waals surface area contributed by atoms with Crippen LogP contribution in [0.2, 0.25) is 5.02 Å². The minimum absolute atomic E-state index is 0. The lowest BCUT2D eigenvalue weighted by molar-refractivity contribution is 0.217. The normalized spacial score (nSPS) is 13.9. The van der Waals surface area contributed by atoms with Gasteiger partial charge in [0.1, 0.15) is 6.61 Å². The first-order valence-corrected chi connectivity index (χ1v) is 8.81. The average molecular weight is 387 g/mol. The zero-order chi connectivity index (χ0) is 17.1. The van der Waals surface area contributed by atoms with Crippen LogP contribution in [-0.2, 0) is 13.1 Å². The summed E-state index contributed by atoms with van der Waals surface area (Å²) in [5.41, 5.74) is 4.64. The van der Waals surface area contributed by atoms with Crippen LogP contribution in [0.4, 0.5) is 0 Å². The van der Waals surface area contributed by atoms with E-state index in [1.165, 1.54) is 11.1 Å². The van der Waals surface area contributed by atoms with Gasteiger partial charge in [0.15, 0.2) is 0 Å². The highest BCUT2D eigenvalue weighted by Gasteiger charge is 2.20. The first kappa shape index (κ1) is 18.7. The molecule has 1 aromatic heterocycles. The number of pyridine rings is 1. The summed E-state index contributed by atoms with van der Waals surface area (Å²) in [6.07, 6.45) is 1.82. The lowest BCUT2D eigenvalue weighted by Gasteiger charge is -2.21. The second-order valence-corrected chi connectivity index (χ2v) is 6.57. The highest BCUT2D eigenvalue weighted by molar-refractivity contribution is 6.31. The second-order valence-electron chi connectivity index (χ2n) is 6.16. The van der Waals surface area contributed by atoms with E-state index in [9.17, 15) is 0 Å². The number of rotatable bonds is 3. The van der Waals surface area contributed by atoms with Gasteiger partial charge in [0.05, 0.1) is 0 Å². The van der Waals surface area contributed by atoms with Crippen LogP contribution in [-0.4, -0.2) is 23.0 Å². The summed E-state index contributed by atoms with van der Waals surface area (Å²) in [7, 11) is 0. The predicted molar refractivity (Wildman–Crippen MR) is 108 cm³/mol. The molecule has 3 nitrogen and oxygen atoms in total. The lowest BCUT2D eigenvalue weighted by atomic mass is 10.0. The van der Waals surface area contributed by atoms with E-state index < -0.39 is 0 Å². The Bertz CT molecular complexity index is 871. The van der Waals surface area contributed by atoms with Gasteiger partial charge in [-0.05, 0) is 28.8 Å². The van der Waals surface area contributed by atoms with Crippen LogP contribution in [0.3, 0.4) is 0 Å². The molecule has 0 radical (unpaired) electrons. The molecular formula is C21H20Cl2N2O. The summed E-state index contributed by atoms with van der Waals surface area (Å²) in [6, 6.07) is 20.5. The van der Waals surface area contributed by atoms with Gasteiger partial charge in [-0.25, -0.2) is 4.98 Å². The molecule has 2 aromatic carbocycles. The van der Waals surface area contributed by atoms with E-state index in [1.54, 1.807) is 0 Å². The fourth-order valence-electron chi connectivity index (χ4n) is 3.22. The summed E-state index contributed by atoms with van der Waals surface area (Å²) < 4.78 is 5.92. The van der Waals surface area contributed by atoms with Gasteiger partial charge in [-0.15, -0.1) is 12.4 Å². The predicted octanol–water partition coefficient (Wildman–Crippen LogP) is 5.22. The average Bonchev–Trinajstić information content (AvgIpc) is 2.86. The Morgan fingerprint density at radius 3 is 2.58 bits per heavy atom. The third kappa shape index (κ3) is 4.01. The number of hydrogen-bond acceptors (Lipinski definition) is 3. The molecule has 134 valence electrons. The number of fused-ring (bicyclic) bond motifs is 1. The standard InChI is InChI=1S/C21H19ClN2O.ClH/c22-20-9-5-4-8-17(20)14-24-12-13-25-21-19(15-24)18(10-11-23-21)16-6-2-1-3-7-16;/h1-11H,12-15H2;1H. The molecule has 1 aliphatic heterocycles. The minimum Gasteiger partial charge on any atom is -0.476 e. The van der Waals surface area contributed by atoms with Gasteiger partial charge in [-0.1, -0.05) is 60.1 Å². The summed E-state index contributed by atoms with van der Waals surface area (Å²) in [6.45, 7) is 3.06. The highest BCUT2D eigenvalue weighted by Crippen LogP contribution is 2.32. The van der Waals surface area contributed by atoms with Crippen LogP contribution in [0, 0.1) is 0 Å². The van der Waals surface area contributed by atoms with E-state index in [2.05, 4.69) is 46.3 Å². The number of hydrogen-bond donors (Lipinski definition) is 0. The molecule has 0 amide bonds. The van der Waals surface area contributed by atoms with E-state index in [1.807, 2.05) is 30.5 Å². The van der Waals surface area contributed by atoms with Crippen LogP contribution >= 0.6 is 24.0 Å². The summed E-state index contributed by atoms with van der Waals surface area (Å²) in [4.78, 5) is 6.81. The molecule has 0 bridgehead atoms. The van der Waals surface area contributed by atoms with E-state index in [4.69, 9.17) is 16.3 Å². The molecule has 0 aliphatic carbocycles. The SMILES string of the molecule is Cl.Clc1ccccc1CN1CCOc2nccc(-c3ccccc3)c2C1. The molecule has 0 saturated carbocycles. The molecular weight excluding hydrogens is 367 g/mol. The van der Waals surface area contributed by atoms with E-state index in [0.29, 0.717) is 6.61 Å². The van der Waals surface area contributed by atoms with Crippen LogP contribution < -0.4 is 4.74 Å². The zero-order valence-corrected chi connectivity index (χ0v) is 15.8. The second kappa shape index (κ2) is 8.54. The molecule has 0 N–H and O–H groups in total. The van der Waals surface area contributed by atoms with Crippen molar-refractivity contribution in [1.82, 2.24) is 9.88 Å². The van der Waals surface area contributed by atoms with Crippen LogP contribution in [0.15, 0.2) is 66.9 Å². The maximum absolute atomic E-state index is 6.34. The molecule has 0 saturated heterocycles. The molecule has 5 heteroatoms. The van der Waals surface area contributed by atoms with Gasteiger partial charge in [0.2, 0.25) is 5.88 Å². The highest BCUT2D eigenvalue weighted by atomic mass is 35.5. The maximum Gasteiger partial charge on any atom is 0.218 e. The summed E-state index contributed by atoms with van der Waals surface area (Å²) in [5.74, 6) is 0.739. The molecule has 3 aromatic rings. The number of halogens is 2. The number of ether oxygens (including phenoxy) is 1. The Morgan fingerprint density at radius 2 is 1.77 bits per heavy atom. The Morgan fingerprint density at radius 1 is 1.00 bits per heavy atom. The topological polar surface area (TPSA) is 25.4 Å². The largest absolute Gasteiger partial charge is 0.476 e. The van der Waals surface area contributed by atoms with Crippen molar-refractivity contribution in [2.75, 3.05) is 13.2 Å². The Labute approximate surface area is 165 Å². The summed E-state index contributed by atoms with van der Waals surface area (Å²) in [5, 5.41) is 0.808. The fourth-order valence-corrected chi connectivity index (χ4v) is 3.41. The van der Waals surface area contributed by atoms with Crippen LogP contribution in [0.25, 0.3) is 11.1 Å². The van der Waals surface area contributed by atoms with E-state index >= 15 is 0 Å².